The van der Waals surface area contributed by atoms with Crippen molar-refractivity contribution in [2.24, 2.45) is 5.92 Å². The normalized spacial score (nSPS) is 18.7. The van der Waals surface area contributed by atoms with Crippen LogP contribution in [-0.4, -0.2) is 50.2 Å². The van der Waals surface area contributed by atoms with Crippen molar-refractivity contribution in [1.29, 1.82) is 0 Å². The summed E-state index contributed by atoms with van der Waals surface area (Å²) in [6.45, 7) is 4.60. The smallest absolute Gasteiger partial charge is 0.251 e. The highest BCUT2D eigenvalue weighted by Gasteiger charge is 2.22. The average Bonchev–Trinajstić information content (AvgIpc) is 3.00. The van der Waals surface area contributed by atoms with Crippen molar-refractivity contribution in [2.75, 3.05) is 19.6 Å². The Bertz CT molecular complexity index is 753. The number of pyridine rings is 1. The Balaban J connectivity index is 1.33. The fourth-order valence-corrected chi connectivity index (χ4v) is 4.24. The molecule has 0 radical (unpaired) electrons. The van der Waals surface area contributed by atoms with Crippen LogP contribution in [0.3, 0.4) is 0 Å². The number of amides is 1. The molecule has 0 spiro atoms. The van der Waals surface area contributed by atoms with E-state index in [4.69, 9.17) is 0 Å². The molecule has 0 unspecified atom stereocenters. The molecule has 0 aromatic carbocycles. The van der Waals surface area contributed by atoms with E-state index in [2.05, 4.69) is 30.0 Å². The van der Waals surface area contributed by atoms with Gasteiger partial charge in [-0.1, -0.05) is 19.3 Å². The second-order valence-corrected chi connectivity index (χ2v) is 7.66. The maximum Gasteiger partial charge on any atom is 0.251 e. The highest BCUT2D eigenvalue weighted by atomic mass is 16.1. The quantitative estimate of drug-likeness (QED) is 0.874. The Morgan fingerprint density at radius 3 is 2.70 bits per heavy atom. The fourth-order valence-electron chi connectivity index (χ4n) is 4.24. The van der Waals surface area contributed by atoms with Crippen molar-refractivity contribution in [3.63, 3.8) is 0 Å². The first kappa shape index (κ1) is 18.1. The van der Waals surface area contributed by atoms with Gasteiger partial charge in [-0.2, -0.15) is 0 Å². The minimum Gasteiger partial charge on any atom is -0.345 e. The van der Waals surface area contributed by atoms with Crippen LogP contribution in [0.2, 0.25) is 0 Å². The number of hydrogen-bond donors (Lipinski definition) is 1. The van der Waals surface area contributed by atoms with E-state index in [1.165, 1.54) is 38.6 Å². The predicted octanol–water partition coefficient (Wildman–Crippen LogP) is 2.04. The maximum absolute atomic E-state index is 12.2. The van der Waals surface area contributed by atoms with Crippen molar-refractivity contribution < 1.29 is 4.79 Å². The molecule has 7 heteroatoms. The molecular weight excluding hydrogens is 340 g/mol. The Hall–Kier alpha value is -2.28. The van der Waals surface area contributed by atoms with Crippen molar-refractivity contribution in [3.05, 3.63) is 41.7 Å². The molecule has 7 nitrogen and oxygen atoms in total. The van der Waals surface area contributed by atoms with Crippen LogP contribution in [0, 0.1) is 5.92 Å². The van der Waals surface area contributed by atoms with Crippen LogP contribution in [0.25, 0.3) is 0 Å². The van der Waals surface area contributed by atoms with Gasteiger partial charge >= 0.3 is 0 Å². The third kappa shape index (κ3) is 4.53. The first-order valence-electron chi connectivity index (χ1n) is 10.1. The molecule has 1 amide bonds. The van der Waals surface area contributed by atoms with Crippen LogP contribution in [-0.2, 0) is 19.5 Å². The third-order valence-corrected chi connectivity index (χ3v) is 5.79. The van der Waals surface area contributed by atoms with E-state index in [1.807, 2.05) is 0 Å². The molecule has 1 aliphatic carbocycles. The molecule has 0 atom stereocenters. The van der Waals surface area contributed by atoms with E-state index in [0.717, 1.165) is 43.6 Å². The zero-order valence-corrected chi connectivity index (χ0v) is 15.8. The third-order valence-electron chi connectivity index (χ3n) is 5.79. The molecule has 27 heavy (non-hydrogen) atoms. The maximum atomic E-state index is 12.2. The largest absolute Gasteiger partial charge is 0.345 e. The summed E-state index contributed by atoms with van der Waals surface area (Å²) in [6, 6.07) is 3.42. The van der Waals surface area contributed by atoms with Gasteiger partial charge in [-0.15, -0.1) is 10.2 Å². The van der Waals surface area contributed by atoms with Gasteiger partial charge < -0.3 is 14.8 Å². The zero-order valence-electron chi connectivity index (χ0n) is 15.8. The number of aromatic nitrogens is 4. The molecule has 1 aliphatic heterocycles. The number of fused-ring (bicyclic) bond motifs is 1. The Morgan fingerprint density at radius 1 is 1.07 bits per heavy atom. The van der Waals surface area contributed by atoms with Gasteiger partial charge in [0.15, 0.2) is 5.82 Å². The highest BCUT2D eigenvalue weighted by molar-refractivity contribution is 5.93. The van der Waals surface area contributed by atoms with E-state index in [9.17, 15) is 4.79 Å². The van der Waals surface area contributed by atoms with E-state index in [-0.39, 0.29) is 5.91 Å². The van der Waals surface area contributed by atoms with Gasteiger partial charge in [-0.3, -0.25) is 9.78 Å². The van der Waals surface area contributed by atoms with Crippen LogP contribution < -0.4 is 5.32 Å². The van der Waals surface area contributed by atoms with E-state index >= 15 is 0 Å². The van der Waals surface area contributed by atoms with Crippen LogP contribution in [0.15, 0.2) is 24.5 Å². The second kappa shape index (κ2) is 8.61. The van der Waals surface area contributed by atoms with Gasteiger partial charge in [0, 0.05) is 50.6 Å². The number of hydrogen-bond acceptors (Lipinski definition) is 5. The molecule has 1 saturated carbocycles. The summed E-state index contributed by atoms with van der Waals surface area (Å²) >= 11 is 0. The standard InChI is InChI=1S/C20H28N6O/c27-20(17-6-9-21-10-7-17)22-14-19-24-23-18-8-11-25(12-13-26(18)19)15-16-4-2-1-3-5-16/h6-7,9-10,16H,1-5,8,11-15H2,(H,22,27). The Labute approximate surface area is 160 Å². The van der Waals surface area contributed by atoms with Crippen LogP contribution in [0.1, 0.15) is 54.1 Å². The number of nitrogens with zero attached hydrogens (tertiary/aromatic N) is 5. The molecule has 3 heterocycles. The molecule has 0 bridgehead atoms. The monoisotopic (exact) mass is 368 g/mol. The minimum absolute atomic E-state index is 0.109. The minimum atomic E-state index is -0.109. The molecule has 1 N–H and O–H groups in total. The molecule has 144 valence electrons. The molecule has 2 aromatic heterocycles. The predicted molar refractivity (Wildman–Crippen MR) is 102 cm³/mol. The lowest BCUT2D eigenvalue weighted by molar-refractivity contribution is 0.0949. The van der Waals surface area contributed by atoms with Crippen molar-refractivity contribution >= 4 is 5.91 Å². The summed E-state index contributed by atoms with van der Waals surface area (Å²) in [7, 11) is 0. The number of nitrogens with one attached hydrogen (secondary N) is 1. The molecule has 4 rings (SSSR count). The van der Waals surface area contributed by atoms with Crippen molar-refractivity contribution in [3.8, 4) is 0 Å². The SMILES string of the molecule is O=C(NCc1nnc2n1CCN(CC1CCCCC1)CC2)c1ccncc1. The zero-order chi connectivity index (χ0) is 18.5. The second-order valence-electron chi connectivity index (χ2n) is 7.66. The van der Waals surface area contributed by atoms with Gasteiger partial charge in [-0.25, -0.2) is 0 Å². The van der Waals surface area contributed by atoms with Crippen LogP contribution in [0.5, 0.6) is 0 Å². The first-order chi connectivity index (χ1) is 13.3. The average molecular weight is 368 g/mol. The Morgan fingerprint density at radius 2 is 1.89 bits per heavy atom. The van der Waals surface area contributed by atoms with Gasteiger partial charge in [-0.05, 0) is 30.9 Å². The lowest BCUT2D eigenvalue weighted by atomic mass is 9.89. The van der Waals surface area contributed by atoms with E-state index < -0.39 is 0 Å². The summed E-state index contributed by atoms with van der Waals surface area (Å²) in [5.41, 5.74) is 0.610. The lowest BCUT2D eigenvalue weighted by Crippen LogP contribution is -2.33. The number of rotatable bonds is 5. The summed E-state index contributed by atoms with van der Waals surface area (Å²) in [4.78, 5) is 18.8. The molecule has 2 aromatic rings. The topological polar surface area (TPSA) is 75.9 Å². The van der Waals surface area contributed by atoms with Crippen molar-refractivity contribution in [1.82, 2.24) is 30.0 Å². The van der Waals surface area contributed by atoms with Gasteiger partial charge in [0.05, 0.1) is 6.54 Å². The summed E-state index contributed by atoms with van der Waals surface area (Å²) in [5, 5.41) is 11.6. The number of carbonyl (C=O) groups is 1. The molecule has 2 aliphatic rings. The summed E-state index contributed by atoms with van der Waals surface area (Å²) in [5.74, 6) is 2.63. The lowest BCUT2D eigenvalue weighted by Gasteiger charge is -2.28. The van der Waals surface area contributed by atoms with Crippen molar-refractivity contribution in [2.45, 2.75) is 51.6 Å². The number of carbonyl (C=O) groups excluding carboxylic acids is 1. The first-order valence-corrected chi connectivity index (χ1v) is 10.1. The van der Waals surface area contributed by atoms with Gasteiger partial charge in [0.25, 0.3) is 5.91 Å². The molecule has 0 saturated heterocycles. The van der Waals surface area contributed by atoms with Gasteiger partial charge in [0.1, 0.15) is 5.82 Å². The van der Waals surface area contributed by atoms with Gasteiger partial charge in [0.2, 0.25) is 0 Å². The van der Waals surface area contributed by atoms with Crippen LogP contribution in [0.4, 0.5) is 0 Å². The van der Waals surface area contributed by atoms with Crippen LogP contribution >= 0.6 is 0 Å². The molecule has 1 fully saturated rings. The highest BCUT2D eigenvalue weighted by Crippen LogP contribution is 2.25. The summed E-state index contributed by atoms with van der Waals surface area (Å²) in [6.07, 6.45) is 11.1. The summed E-state index contributed by atoms with van der Waals surface area (Å²) < 4.78 is 2.19. The van der Waals surface area contributed by atoms with E-state index in [0.29, 0.717) is 12.1 Å². The fraction of sp³-hybridized carbons (Fsp3) is 0.600. The van der Waals surface area contributed by atoms with E-state index in [1.54, 1.807) is 24.5 Å². The Kier molecular flexibility index (Phi) is 5.77. The molecular formula is C20H28N6O.